The zero-order valence-corrected chi connectivity index (χ0v) is 20.5. The molecule has 3 aromatic rings. The minimum absolute atomic E-state index is 0.0695. The van der Waals surface area contributed by atoms with Crippen molar-refractivity contribution in [3.05, 3.63) is 81.4 Å². The SMILES string of the molecule is CCOc1cccc(C2C(=C(O)c3ccc(C)cc3)C(=O)C(=O)N2c2nc(C)c(C(=O)OC)s2)c1. The van der Waals surface area contributed by atoms with Gasteiger partial charge in [0.15, 0.2) is 5.13 Å². The fourth-order valence-corrected chi connectivity index (χ4v) is 4.93. The number of aryl methyl sites for hydroxylation is 2. The fraction of sp³-hybridized carbons (Fsp3) is 0.231. The third-order valence-electron chi connectivity index (χ3n) is 5.62. The Hall–Kier alpha value is -3.98. The molecule has 180 valence electrons. The van der Waals surface area contributed by atoms with Crippen LogP contribution in [-0.4, -0.2) is 41.5 Å². The Bertz CT molecular complexity index is 1340. The molecule has 4 rings (SSSR count). The molecule has 1 amide bonds. The van der Waals surface area contributed by atoms with Gasteiger partial charge in [0.1, 0.15) is 16.4 Å². The number of carbonyl (C=O) groups is 3. The molecule has 1 aliphatic rings. The average molecular weight is 493 g/mol. The van der Waals surface area contributed by atoms with E-state index in [2.05, 4.69) is 4.98 Å². The molecule has 9 heteroatoms. The Balaban J connectivity index is 1.94. The number of esters is 1. The number of Topliss-reactive ketones (excluding diaryl/α,β-unsaturated/α-hetero) is 1. The van der Waals surface area contributed by atoms with Crippen LogP contribution in [0.25, 0.3) is 5.76 Å². The first-order chi connectivity index (χ1) is 16.8. The Labute approximate surface area is 206 Å². The van der Waals surface area contributed by atoms with Gasteiger partial charge in [-0.3, -0.25) is 14.5 Å². The summed E-state index contributed by atoms with van der Waals surface area (Å²) < 4.78 is 10.4. The second-order valence-corrected chi connectivity index (χ2v) is 8.92. The highest BCUT2D eigenvalue weighted by Gasteiger charge is 2.48. The highest BCUT2D eigenvalue weighted by molar-refractivity contribution is 7.17. The summed E-state index contributed by atoms with van der Waals surface area (Å²) in [6.45, 7) is 5.82. The van der Waals surface area contributed by atoms with Crippen molar-refractivity contribution in [2.45, 2.75) is 26.8 Å². The van der Waals surface area contributed by atoms with Crippen molar-refractivity contribution >= 4 is 39.9 Å². The Morgan fingerprint density at radius 2 is 1.86 bits per heavy atom. The van der Waals surface area contributed by atoms with Crippen LogP contribution < -0.4 is 9.64 Å². The van der Waals surface area contributed by atoms with Gasteiger partial charge in [-0.2, -0.15) is 0 Å². The maximum atomic E-state index is 13.3. The van der Waals surface area contributed by atoms with Gasteiger partial charge < -0.3 is 14.6 Å². The van der Waals surface area contributed by atoms with Crippen LogP contribution >= 0.6 is 11.3 Å². The van der Waals surface area contributed by atoms with E-state index in [1.807, 2.05) is 26.0 Å². The van der Waals surface area contributed by atoms with Gasteiger partial charge in [0, 0.05) is 5.56 Å². The molecule has 2 aromatic carbocycles. The van der Waals surface area contributed by atoms with Crippen molar-refractivity contribution in [3.8, 4) is 5.75 Å². The molecule has 0 bridgehead atoms. The molecule has 1 N–H and O–H groups in total. The van der Waals surface area contributed by atoms with Gasteiger partial charge in [-0.25, -0.2) is 9.78 Å². The maximum Gasteiger partial charge on any atom is 0.350 e. The van der Waals surface area contributed by atoms with Gasteiger partial charge in [0.05, 0.1) is 31.0 Å². The van der Waals surface area contributed by atoms with Crippen molar-refractivity contribution in [1.82, 2.24) is 4.98 Å². The lowest BCUT2D eigenvalue weighted by Crippen LogP contribution is -2.29. The molecule has 2 heterocycles. The summed E-state index contributed by atoms with van der Waals surface area (Å²) in [4.78, 5) is 44.6. The molecule has 1 unspecified atom stereocenters. The minimum atomic E-state index is -0.979. The predicted octanol–water partition coefficient (Wildman–Crippen LogP) is 4.57. The van der Waals surface area contributed by atoms with Crippen LogP contribution in [-0.2, 0) is 14.3 Å². The minimum Gasteiger partial charge on any atom is -0.507 e. The van der Waals surface area contributed by atoms with E-state index < -0.39 is 23.7 Å². The normalized spacial score (nSPS) is 17.0. The monoisotopic (exact) mass is 492 g/mol. The standard InChI is InChI=1S/C26H24N2O6S/c1-5-34-18-8-6-7-17(13-18)20-19(21(29)16-11-9-14(2)10-12-16)22(30)24(31)28(20)26-27-15(3)23(35-26)25(32)33-4/h6-13,20,29H,5H2,1-4H3. The lowest BCUT2D eigenvalue weighted by molar-refractivity contribution is -0.132. The summed E-state index contributed by atoms with van der Waals surface area (Å²) in [6.07, 6.45) is 0. The van der Waals surface area contributed by atoms with E-state index in [0.29, 0.717) is 29.2 Å². The number of aliphatic hydroxyl groups is 1. The first-order valence-corrected chi connectivity index (χ1v) is 11.7. The topological polar surface area (TPSA) is 106 Å². The maximum absolute atomic E-state index is 13.3. The van der Waals surface area contributed by atoms with E-state index in [1.54, 1.807) is 43.3 Å². The Morgan fingerprint density at radius 1 is 1.14 bits per heavy atom. The Kier molecular flexibility index (Phi) is 6.70. The average Bonchev–Trinajstić information content (AvgIpc) is 3.36. The number of hydrogen-bond acceptors (Lipinski definition) is 8. The van der Waals surface area contributed by atoms with Gasteiger partial charge >= 0.3 is 11.9 Å². The second-order valence-electron chi connectivity index (χ2n) is 7.94. The lowest BCUT2D eigenvalue weighted by Gasteiger charge is -2.23. The summed E-state index contributed by atoms with van der Waals surface area (Å²) in [6, 6.07) is 13.0. The van der Waals surface area contributed by atoms with Crippen LogP contribution in [0.15, 0.2) is 54.1 Å². The number of thiazole rings is 1. The number of aromatic nitrogens is 1. The second kappa shape index (κ2) is 9.71. The quantitative estimate of drug-likeness (QED) is 0.232. The number of anilines is 1. The largest absolute Gasteiger partial charge is 0.507 e. The third kappa shape index (κ3) is 4.42. The van der Waals surface area contributed by atoms with Gasteiger partial charge in [0.2, 0.25) is 0 Å². The summed E-state index contributed by atoms with van der Waals surface area (Å²) in [5.74, 6) is -2.02. The van der Waals surface area contributed by atoms with Gasteiger partial charge in [-0.05, 0) is 38.5 Å². The molecule has 8 nitrogen and oxygen atoms in total. The van der Waals surface area contributed by atoms with Crippen molar-refractivity contribution in [1.29, 1.82) is 0 Å². The molecule has 1 aliphatic heterocycles. The van der Waals surface area contributed by atoms with E-state index in [9.17, 15) is 19.5 Å². The first-order valence-electron chi connectivity index (χ1n) is 10.9. The molecule has 1 saturated heterocycles. The number of ketones is 1. The zero-order chi connectivity index (χ0) is 25.3. The molecule has 0 saturated carbocycles. The third-order valence-corrected chi connectivity index (χ3v) is 6.75. The van der Waals surface area contributed by atoms with Crippen LogP contribution in [0.1, 0.15) is 45.0 Å². The summed E-state index contributed by atoms with van der Waals surface area (Å²) >= 11 is 0.951. The number of methoxy groups -OCH3 is 1. The number of rotatable bonds is 6. The summed E-state index contributed by atoms with van der Waals surface area (Å²) in [5, 5.41) is 11.4. The van der Waals surface area contributed by atoms with Crippen molar-refractivity contribution in [3.63, 3.8) is 0 Å². The molecule has 0 spiro atoms. The van der Waals surface area contributed by atoms with E-state index in [0.717, 1.165) is 16.9 Å². The molecule has 0 aliphatic carbocycles. The summed E-state index contributed by atoms with van der Waals surface area (Å²) in [5.41, 5.74) is 2.25. The van der Waals surface area contributed by atoms with E-state index >= 15 is 0 Å². The van der Waals surface area contributed by atoms with Crippen molar-refractivity contribution < 1.29 is 29.0 Å². The Morgan fingerprint density at radius 3 is 2.51 bits per heavy atom. The van der Waals surface area contributed by atoms with Crippen LogP contribution in [0.2, 0.25) is 0 Å². The first kappa shape index (κ1) is 24.2. The van der Waals surface area contributed by atoms with Gasteiger partial charge in [0.25, 0.3) is 5.78 Å². The molecule has 35 heavy (non-hydrogen) atoms. The molecule has 1 atom stereocenters. The number of amides is 1. The number of hydrogen-bond donors (Lipinski definition) is 1. The molecule has 1 fully saturated rings. The molecule has 1 aromatic heterocycles. The van der Waals surface area contributed by atoms with E-state index in [-0.39, 0.29) is 21.3 Å². The highest BCUT2D eigenvalue weighted by atomic mass is 32.1. The molecule has 0 radical (unpaired) electrons. The zero-order valence-electron chi connectivity index (χ0n) is 19.7. The van der Waals surface area contributed by atoms with Crippen molar-refractivity contribution in [2.24, 2.45) is 0 Å². The molecular formula is C26H24N2O6S. The number of carbonyl (C=O) groups excluding carboxylic acids is 3. The summed E-state index contributed by atoms with van der Waals surface area (Å²) in [7, 11) is 1.26. The smallest absolute Gasteiger partial charge is 0.350 e. The lowest BCUT2D eigenvalue weighted by atomic mass is 9.95. The number of ether oxygens (including phenoxy) is 2. The number of nitrogens with zero attached hydrogens (tertiary/aromatic N) is 2. The van der Waals surface area contributed by atoms with Crippen LogP contribution in [0.3, 0.4) is 0 Å². The van der Waals surface area contributed by atoms with Crippen LogP contribution in [0, 0.1) is 13.8 Å². The van der Waals surface area contributed by atoms with Gasteiger partial charge in [-0.1, -0.05) is 53.3 Å². The van der Waals surface area contributed by atoms with Crippen molar-refractivity contribution in [2.75, 3.05) is 18.6 Å². The fourth-order valence-electron chi connectivity index (χ4n) is 3.92. The highest BCUT2D eigenvalue weighted by Crippen LogP contribution is 2.44. The number of aliphatic hydroxyl groups excluding tert-OH is 1. The van der Waals surface area contributed by atoms with E-state index in [4.69, 9.17) is 9.47 Å². The predicted molar refractivity (Wildman–Crippen MR) is 132 cm³/mol. The van der Waals surface area contributed by atoms with E-state index in [1.165, 1.54) is 12.0 Å². The molecular weight excluding hydrogens is 468 g/mol. The van der Waals surface area contributed by atoms with Crippen LogP contribution in [0.5, 0.6) is 5.75 Å². The van der Waals surface area contributed by atoms with Crippen LogP contribution in [0.4, 0.5) is 5.13 Å². The number of benzene rings is 2. The van der Waals surface area contributed by atoms with Gasteiger partial charge in [-0.15, -0.1) is 0 Å².